The van der Waals surface area contributed by atoms with Crippen LogP contribution in [0, 0.1) is 0 Å². The lowest BCUT2D eigenvalue weighted by Gasteiger charge is -1.98. The third kappa shape index (κ3) is 2.91. The van der Waals surface area contributed by atoms with Crippen molar-refractivity contribution in [2.24, 2.45) is 0 Å². The SMILES string of the molecule is O=C(c1ccccc1)[C@@H]1O[C@@H]1CCc1ccccc1. The zero-order chi connectivity index (χ0) is 13.1. The number of Topliss-reactive ketones (excluding diaryl/α,β-unsaturated/α-hetero) is 1. The van der Waals surface area contributed by atoms with Crippen molar-refractivity contribution < 1.29 is 9.53 Å². The first-order valence-electron chi connectivity index (χ1n) is 6.63. The van der Waals surface area contributed by atoms with E-state index in [1.807, 2.05) is 48.5 Å². The zero-order valence-corrected chi connectivity index (χ0v) is 10.7. The smallest absolute Gasteiger partial charge is 0.194 e. The Balaban J connectivity index is 1.53. The standard InChI is InChI=1S/C17H16O2/c18-16(14-9-5-2-6-10-14)17-15(19-17)12-11-13-7-3-1-4-8-13/h1-10,15,17H,11-12H2/t15-,17-/m1/s1. The largest absolute Gasteiger partial charge is 0.361 e. The minimum absolute atomic E-state index is 0.0907. The van der Waals surface area contributed by atoms with Gasteiger partial charge in [0.2, 0.25) is 0 Å². The first kappa shape index (κ1) is 12.1. The van der Waals surface area contributed by atoms with Gasteiger partial charge in [-0.3, -0.25) is 4.79 Å². The number of ether oxygens (including phenoxy) is 1. The lowest BCUT2D eigenvalue weighted by Crippen LogP contribution is -2.10. The summed E-state index contributed by atoms with van der Waals surface area (Å²) in [5, 5.41) is 0. The second kappa shape index (κ2) is 5.37. The van der Waals surface area contributed by atoms with E-state index in [1.54, 1.807) is 0 Å². The molecule has 1 aliphatic rings. The van der Waals surface area contributed by atoms with Gasteiger partial charge in [-0.25, -0.2) is 0 Å². The molecule has 96 valence electrons. The van der Waals surface area contributed by atoms with Crippen molar-refractivity contribution >= 4 is 5.78 Å². The lowest BCUT2D eigenvalue weighted by atomic mass is 10.0. The van der Waals surface area contributed by atoms with Gasteiger partial charge in [0.25, 0.3) is 0 Å². The van der Waals surface area contributed by atoms with E-state index in [-0.39, 0.29) is 18.0 Å². The maximum atomic E-state index is 12.1. The van der Waals surface area contributed by atoms with Gasteiger partial charge in [-0.15, -0.1) is 0 Å². The van der Waals surface area contributed by atoms with E-state index in [1.165, 1.54) is 5.56 Å². The summed E-state index contributed by atoms with van der Waals surface area (Å²) in [5.74, 6) is 0.110. The molecule has 1 heterocycles. The molecule has 0 N–H and O–H groups in total. The maximum absolute atomic E-state index is 12.1. The van der Waals surface area contributed by atoms with Crippen LogP contribution in [0.3, 0.4) is 0 Å². The maximum Gasteiger partial charge on any atom is 0.194 e. The van der Waals surface area contributed by atoms with Gasteiger partial charge >= 0.3 is 0 Å². The Bertz CT molecular complexity index is 548. The highest BCUT2D eigenvalue weighted by atomic mass is 16.6. The van der Waals surface area contributed by atoms with E-state index < -0.39 is 0 Å². The summed E-state index contributed by atoms with van der Waals surface area (Å²) in [5.41, 5.74) is 2.04. The van der Waals surface area contributed by atoms with Gasteiger partial charge in [0.05, 0.1) is 6.10 Å². The number of ketones is 1. The number of aryl methyl sites for hydroxylation is 1. The van der Waals surface area contributed by atoms with Gasteiger partial charge in [-0.2, -0.15) is 0 Å². The van der Waals surface area contributed by atoms with Crippen molar-refractivity contribution in [2.75, 3.05) is 0 Å². The van der Waals surface area contributed by atoms with Crippen LogP contribution in [0.5, 0.6) is 0 Å². The minimum Gasteiger partial charge on any atom is -0.361 e. The van der Waals surface area contributed by atoms with Crippen LogP contribution in [0.4, 0.5) is 0 Å². The first-order valence-corrected chi connectivity index (χ1v) is 6.63. The predicted molar refractivity (Wildman–Crippen MR) is 74.2 cm³/mol. The Kier molecular flexibility index (Phi) is 3.43. The lowest BCUT2D eigenvalue weighted by molar-refractivity contribution is 0.0953. The molecule has 0 saturated carbocycles. The van der Waals surface area contributed by atoms with Crippen LogP contribution in [-0.4, -0.2) is 18.0 Å². The van der Waals surface area contributed by atoms with E-state index in [0.717, 1.165) is 18.4 Å². The van der Waals surface area contributed by atoms with Crippen molar-refractivity contribution in [2.45, 2.75) is 25.0 Å². The van der Waals surface area contributed by atoms with Gasteiger partial charge < -0.3 is 4.74 Å². The van der Waals surface area contributed by atoms with Crippen LogP contribution in [0.2, 0.25) is 0 Å². The first-order chi connectivity index (χ1) is 9.34. The number of hydrogen-bond donors (Lipinski definition) is 0. The molecule has 1 saturated heterocycles. The van der Waals surface area contributed by atoms with Gasteiger partial charge in [-0.1, -0.05) is 60.7 Å². The highest BCUT2D eigenvalue weighted by molar-refractivity contribution is 6.01. The van der Waals surface area contributed by atoms with Crippen molar-refractivity contribution in [3.8, 4) is 0 Å². The average molecular weight is 252 g/mol. The monoisotopic (exact) mass is 252 g/mol. The molecule has 1 aliphatic heterocycles. The van der Waals surface area contributed by atoms with Crippen LogP contribution >= 0.6 is 0 Å². The molecule has 2 atom stereocenters. The Hall–Kier alpha value is -1.93. The molecule has 2 nitrogen and oxygen atoms in total. The molecule has 0 amide bonds. The van der Waals surface area contributed by atoms with Crippen LogP contribution < -0.4 is 0 Å². The third-order valence-electron chi connectivity index (χ3n) is 3.46. The van der Waals surface area contributed by atoms with E-state index >= 15 is 0 Å². The van der Waals surface area contributed by atoms with E-state index in [2.05, 4.69) is 12.1 Å². The molecular formula is C17H16O2. The summed E-state index contributed by atoms with van der Waals surface area (Å²) >= 11 is 0. The fraction of sp³-hybridized carbons (Fsp3) is 0.235. The van der Waals surface area contributed by atoms with Crippen molar-refractivity contribution in [3.05, 3.63) is 71.8 Å². The number of epoxide rings is 1. The van der Waals surface area contributed by atoms with E-state index in [0.29, 0.717) is 0 Å². The minimum atomic E-state index is -0.230. The van der Waals surface area contributed by atoms with Gasteiger partial charge in [0.1, 0.15) is 6.10 Å². The molecule has 2 aromatic rings. The summed E-state index contributed by atoms with van der Waals surface area (Å²) in [7, 11) is 0. The molecule has 0 unspecified atom stereocenters. The molecule has 3 rings (SSSR count). The van der Waals surface area contributed by atoms with Crippen LogP contribution in [0.15, 0.2) is 60.7 Å². The van der Waals surface area contributed by atoms with Crippen LogP contribution in [-0.2, 0) is 11.2 Å². The van der Waals surface area contributed by atoms with Gasteiger partial charge in [0.15, 0.2) is 5.78 Å². The summed E-state index contributed by atoms with van der Waals surface area (Å²) in [6.07, 6.45) is 1.73. The Labute approximate surface area is 113 Å². The summed E-state index contributed by atoms with van der Waals surface area (Å²) < 4.78 is 5.51. The Morgan fingerprint density at radius 2 is 1.58 bits per heavy atom. The van der Waals surface area contributed by atoms with E-state index in [9.17, 15) is 4.79 Å². The topological polar surface area (TPSA) is 29.6 Å². The molecule has 1 fully saturated rings. The van der Waals surface area contributed by atoms with Crippen LogP contribution in [0.25, 0.3) is 0 Å². The Morgan fingerprint density at radius 3 is 2.26 bits per heavy atom. The molecule has 2 heteroatoms. The molecule has 0 aromatic heterocycles. The number of carbonyl (C=O) groups excluding carboxylic acids is 1. The summed E-state index contributed by atoms with van der Waals surface area (Å²) in [6, 6.07) is 19.7. The quantitative estimate of drug-likeness (QED) is 0.603. The molecule has 0 radical (unpaired) electrons. The Morgan fingerprint density at radius 1 is 0.947 bits per heavy atom. The highest BCUT2D eigenvalue weighted by Gasteiger charge is 2.44. The number of benzene rings is 2. The van der Waals surface area contributed by atoms with Crippen molar-refractivity contribution in [1.29, 1.82) is 0 Å². The number of carbonyl (C=O) groups is 1. The van der Waals surface area contributed by atoms with E-state index in [4.69, 9.17) is 4.74 Å². The number of rotatable bonds is 5. The van der Waals surface area contributed by atoms with Crippen molar-refractivity contribution in [3.63, 3.8) is 0 Å². The van der Waals surface area contributed by atoms with Gasteiger partial charge in [0, 0.05) is 5.56 Å². The predicted octanol–water partition coefficient (Wildman–Crippen LogP) is 3.27. The second-order valence-electron chi connectivity index (χ2n) is 4.85. The molecule has 0 aliphatic carbocycles. The second-order valence-corrected chi connectivity index (χ2v) is 4.85. The molecule has 2 aromatic carbocycles. The molecule has 0 spiro atoms. The normalized spacial score (nSPS) is 21.1. The average Bonchev–Trinajstić information content (AvgIpc) is 3.26. The van der Waals surface area contributed by atoms with Crippen molar-refractivity contribution in [1.82, 2.24) is 0 Å². The fourth-order valence-corrected chi connectivity index (χ4v) is 2.31. The van der Waals surface area contributed by atoms with Crippen LogP contribution in [0.1, 0.15) is 22.3 Å². The molecular weight excluding hydrogens is 236 g/mol. The highest BCUT2D eigenvalue weighted by Crippen LogP contribution is 2.29. The third-order valence-corrected chi connectivity index (χ3v) is 3.46. The number of hydrogen-bond acceptors (Lipinski definition) is 2. The molecule has 0 bridgehead atoms. The van der Waals surface area contributed by atoms with Gasteiger partial charge in [-0.05, 0) is 18.4 Å². The fourth-order valence-electron chi connectivity index (χ4n) is 2.31. The molecule has 19 heavy (non-hydrogen) atoms. The summed E-state index contributed by atoms with van der Waals surface area (Å²) in [6.45, 7) is 0. The summed E-state index contributed by atoms with van der Waals surface area (Å²) in [4.78, 5) is 12.1. The zero-order valence-electron chi connectivity index (χ0n) is 10.7.